The first-order valence-electron chi connectivity index (χ1n) is 9.29. The SMILES string of the molecule is CCC(C)[C@H](NC[C@@H]1C[C@H](S)CN1)C(=O)NCc1cccc(C(F)(F)F)c1. The van der Waals surface area contributed by atoms with E-state index in [1.807, 2.05) is 13.8 Å². The van der Waals surface area contributed by atoms with Gasteiger partial charge in [-0.2, -0.15) is 25.8 Å². The molecule has 1 aliphatic rings. The van der Waals surface area contributed by atoms with E-state index in [-0.39, 0.29) is 30.5 Å². The molecular weight excluding hydrogens is 375 g/mol. The number of benzene rings is 1. The van der Waals surface area contributed by atoms with E-state index in [2.05, 4.69) is 28.6 Å². The third kappa shape index (κ3) is 6.69. The van der Waals surface area contributed by atoms with Crippen LogP contribution < -0.4 is 16.0 Å². The molecule has 0 bridgehead atoms. The number of hydrogen-bond acceptors (Lipinski definition) is 4. The molecule has 1 aromatic rings. The fourth-order valence-corrected chi connectivity index (χ4v) is 3.53. The predicted molar refractivity (Wildman–Crippen MR) is 104 cm³/mol. The topological polar surface area (TPSA) is 53.2 Å². The van der Waals surface area contributed by atoms with Crippen molar-refractivity contribution in [2.24, 2.45) is 5.92 Å². The second kappa shape index (κ2) is 9.80. The van der Waals surface area contributed by atoms with E-state index in [1.54, 1.807) is 6.07 Å². The van der Waals surface area contributed by atoms with Gasteiger partial charge in [-0.15, -0.1) is 0 Å². The molecule has 4 nitrogen and oxygen atoms in total. The van der Waals surface area contributed by atoms with Crippen molar-refractivity contribution in [1.82, 2.24) is 16.0 Å². The van der Waals surface area contributed by atoms with Gasteiger partial charge < -0.3 is 16.0 Å². The van der Waals surface area contributed by atoms with Crippen LogP contribution in [0.3, 0.4) is 0 Å². The fourth-order valence-electron chi connectivity index (χ4n) is 3.17. The molecule has 3 N–H and O–H groups in total. The molecule has 27 heavy (non-hydrogen) atoms. The molecule has 1 heterocycles. The zero-order valence-electron chi connectivity index (χ0n) is 15.6. The number of halogens is 3. The van der Waals surface area contributed by atoms with Crippen LogP contribution in [0.4, 0.5) is 13.2 Å². The molecule has 1 aromatic carbocycles. The molecule has 0 aromatic heterocycles. The summed E-state index contributed by atoms with van der Waals surface area (Å²) in [5.74, 6) is -0.0816. The monoisotopic (exact) mass is 403 g/mol. The Labute approximate surface area is 164 Å². The van der Waals surface area contributed by atoms with Crippen molar-refractivity contribution in [2.75, 3.05) is 13.1 Å². The average molecular weight is 404 g/mol. The maximum absolute atomic E-state index is 12.8. The Bertz CT molecular complexity index is 626. The first-order valence-corrected chi connectivity index (χ1v) is 9.81. The molecule has 2 rings (SSSR count). The number of carbonyl (C=O) groups excluding carboxylic acids is 1. The van der Waals surface area contributed by atoms with Crippen LogP contribution in [0.1, 0.15) is 37.8 Å². The van der Waals surface area contributed by atoms with E-state index in [1.165, 1.54) is 6.07 Å². The van der Waals surface area contributed by atoms with Gasteiger partial charge in [0.2, 0.25) is 5.91 Å². The normalized spacial score (nSPS) is 22.4. The quantitative estimate of drug-likeness (QED) is 0.505. The van der Waals surface area contributed by atoms with Crippen molar-refractivity contribution < 1.29 is 18.0 Å². The van der Waals surface area contributed by atoms with Crippen molar-refractivity contribution in [3.8, 4) is 0 Å². The van der Waals surface area contributed by atoms with Crippen LogP contribution in [0.5, 0.6) is 0 Å². The van der Waals surface area contributed by atoms with Gasteiger partial charge in [0, 0.05) is 30.9 Å². The van der Waals surface area contributed by atoms with Gasteiger partial charge in [0.25, 0.3) is 0 Å². The Kier molecular flexibility index (Phi) is 8.00. The third-order valence-electron chi connectivity index (χ3n) is 5.00. The highest BCUT2D eigenvalue weighted by molar-refractivity contribution is 7.81. The Morgan fingerprint density at radius 2 is 2.15 bits per heavy atom. The zero-order valence-corrected chi connectivity index (χ0v) is 16.5. The van der Waals surface area contributed by atoms with E-state index < -0.39 is 11.7 Å². The van der Waals surface area contributed by atoms with Gasteiger partial charge in [0.15, 0.2) is 0 Å². The number of thiol groups is 1. The first kappa shape index (κ1) is 22.0. The third-order valence-corrected chi connectivity index (χ3v) is 5.39. The van der Waals surface area contributed by atoms with Crippen molar-refractivity contribution in [2.45, 2.75) is 56.7 Å². The van der Waals surface area contributed by atoms with E-state index >= 15 is 0 Å². The lowest BCUT2D eigenvalue weighted by Gasteiger charge is -2.25. The van der Waals surface area contributed by atoms with Gasteiger partial charge in [0.1, 0.15) is 0 Å². The zero-order chi connectivity index (χ0) is 20.0. The minimum Gasteiger partial charge on any atom is -0.351 e. The van der Waals surface area contributed by atoms with Gasteiger partial charge in [-0.1, -0.05) is 32.4 Å². The highest BCUT2D eigenvalue weighted by atomic mass is 32.1. The Morgan fingerprint density at radius 1 is 1.41 bits per heavy atom. The van der Waals surface area contributed by atoms with Gasteiger partial charge in [0.05, 0.1) is 11.6 Å². The predicted octanol–water partition coefficient (Wildman–Crippen LogP) is 2.99. The second-order valence-electron chi connectivity index (χ2n) is 7.18. The molecule has 8 heteroatoms. The smallest absolute Gasteiger partial charge is 0.351 e. The molecule has 1 aliphatic heterocycles. The van der Waals surface area contributed by atoms with Crippen LogP contribution >= 0.6 is 12.6 Å². The highest BCUT2D eigenvalue weighted by Gasteiger charge is 2.30. The van der Waals surface area contributed by atoms with E-state index in [0.29, 0.717) is 17.4 Å². The lowest BCUT2D eigenvalue weighted by Crippen LogP contribution is -2.50. The number of alkyl halides is 3. The van der Waals surface area contributed by atoms with E-state index in [0.717, 1.165) is 31.5 Å². The van der Waals surface area contributed by atoms with Gasteiger partial charge in [-0.3, -0.25) is 4.79 Å². The summed E-state index contributed by atoms with van der Waals surface area (Å²) in [6.07, 6.45) is -2.63. The summed E-state index contributed by atoms with van der Waals surface area (Å²) in [5.41, 5.74) is -0.282. The molecule has 0 spiro atoms. The molecule has 1 fully saturated rings. The van der Waals surface area contributed by atoms with Crippen LogP contribution in [-0.4, -0.2) is 36.3 Å². The number of nitrogens with one attached hydrogen (secondary N) is 3. The lowest BCUT2D eigenvalue weighted by molar-refractivity contribution is -0.137. The van der Waals surface area contributed by atoms with Crippen LogP contribution in [-0.2, 0) is 17.5 Å². The maximum Gasteiger partial charge on any atom is 0.416 e. The summed E-state index contributed by atoms with van der Waals surface area (Å²) >= 11 is 4.45. The minimum atomic E-state index is -4.39. The van der Waals surface area contributed by atoms with Crippen molar-refractivity contribution in [1.29, 1.82) is 0 Å². The summed E-state index contributed by atoms with van der Waals surface area (Å²) in [6.45, 7) is 5.58. The molecule has 1 amide bonds. The number of hydrogen-bond donors (Lipinski definition) is 4. The van der Waals surface area contributed by atoms with Gasteiger partial charge in [-0.25, -0.2) is 0 Å². The lowest BCUT2D eigenvalue weighted by atomic mass is 9.97. The molecule has 1 saturated heterocycles. The molecule has 152 valence electrons. The molecule has 0 saturated carbocycles. The first-order chi connectivity index (χ1) is 12.7. The largest absolute Gasteiger partial charge is 0.416 e. The van der Waals surface area contributed by atoms with E-state index in [4.69, 9.17) is 0 Å². The minimum absolute atomic E-state index is 0.0672. The molecule has 1 unspecified atom stereocenters. The number of carbonyl (C=O) groups is 1. The maximum atomic E-state index is 12.8. The number of amides is 1. The molecule has 0 radical (unpaired) electrons. The van der Waals surface area contributed by atoms with Crippen LogP contribution in [0.2, 0.25) is 0 Å². The van der Waals surface area contributed by atoms with Crippen molar-refractivity contribution in [3.63, 3.8) is 0 Å². The molecular formula is C19H28F3N3OS. The second-order valence-corrected chi connectivity index (χ2v) is 7.91. The summed E-state index contributed by atoms with van der Waals surface area (Å²) in [7, 11) is 0. The number of rotatable bonds is 8. The summed E-state index contributed by atoms with van der Waals surface area (Å²) < 4.78 is 38.4. The summed E-state index contributed by atoms with van der Waals surface area (Å²) in [5, 5.41) is 9.77. The van der Waals surface area contributed by atoms with Gasteiger partial charge >= 0.3 is 6.18 Å². The molecule has 0 aliphatic carbocycles. The molecule has 4 atom stereocenters. The standard InChI is InChI=1S/C19H28F3N3OS/c1-3-12(2)17(24-10-15-8-16(27)11-23-15)18(26)25-9-13-5-4-6-14(7-13)19(20,21)22/h4-7,12,15-17,23-24,27H,3,8-11H2,1-2H3,(H,25,26)/t12?,15-,16-,17-/m0/s1. The van der Waals surface area contributed by atoms with Crippen molar-refractivity contribution in [3.05, 3.63) is 35.4 Å². The van der Waals surface area contributed by atoms with Crippen LogP contribution in [0, 0.1) is 5.92 Å². The fraction of sp³-hybridized carbons (Fsp3) is 0.632. The van der Waals surface area contributed by atoms with Gasteiger partial charge in [-0.05, 0) is 30.0 Å². The summed E-state index contributed by atoms with van der Waals surface area (Å²) in [4.78, 5) is 12.6. The highest BCUT2D eigenvalue weighted by Crippen LogP contribution is 2.29. The average Bonchev–Trinajstić information content (AvgIpc) is 3.04. The van der Waals surface area contributed by atoms with E-state index in [9.17, 15) is 18.0 Å². The van der Waals surface area contributed by atoms with Crippen LogP contribution in [0.25, 0.3) is 0 Å². The summed E-state index contributed by atoms with van der Waals surface area (Å²) in [6, 6.07) is 4.92. The van der Waals surface area contributed by atoms with Crippen molar-refractivity contribution >= 4 is 18.5 Å². The Balaban J connectivity index is 1.93. The Hall–Kier alpha value is -1.25. The Morgan fingerprint density at radius 3 is 2.74 bits per heavy atom. The van der Waals surface area contributed by atoms with Crippen LogP contribution in [0.15, 0.2) is 24.3 Å².